The van der Waals surface area contributed by atoms with Crippen molar-refractivity contribution in [3.8, 4) is 11.5 Å². The maximum atomic E-state index is 13.0. The highest BCUT2D eigenvalue weighted by atomic mass is 35.5. The molecule has 1 amide bonds. The fourth-order valence-corrected chi connectivity index (χ4v) is 4.31. The minimum Gasteiger partial charge on any atom is -0.490 e. The number of amidine groups is 2. The number of hydrogen-bond donors (Lipinski definition) is 2. The van der Waals surface area contributed by atoms with Crippen LogP contribution >= 0.6 is 23.2 Å². The van der Waals surface area contributed by atoms with Crippen LogP contribution in [0.1, 0.15) is 11.4 Å². The Bertz CT molecular complexity index is 1430. The van der Waals surface area contributed by atoms with E-state index in [1.54, 1.807) is 50.8 Å². The first-order valence-corrected chi connectivity index (χ1v) is 14.4. The molecule has 3 heterocycles. The van der Waals surface area contributed by atoms with Crippen molar-refractivity contribution in [2.24, 2.45) is 10.2 Å². The number of likely N-dealkylation sites (N-methyl/N-ethyl adjacent to an activating group) is 1. The van der Waals surface area contributed by atoms with E-state index in [2.05, 4.69) is 35.9 Å². The largest absolute Gasteiger partial charge is 0.490 e. The molecule has 0 bridgehead atoms. The van der Waals surface area contributed by atoms with Gasteiger partial charge < -0.3 is 24.0 Å². The van der Waals surface area contributed by atoms with Gasteiger partial charge in [-0.05, 0) is 48.5 Å². The number of carbonyl (C=O) groups is 1. The van der Waals surface area contributed by atoms with Crippen molar-refractivity contribution in [1.29, 1.82) is 0 Å². The van der Waals surface area contributed by atoms with Crippen LogP contribution in [-0.4, -0.2) is 79.8 Å². The van der Waals surface area contributed by atoms with Crippen molar-refractivity contribution in [3.05, 3.63) is 84.7 Å². The average molecular weight is 628 g/mol. The van der Waals surface area contributed by atoms with Crippen LogP contribution in [0.4, 0.5) is 11.4 Å². The Morgan fingerprint density at radius 2 is 1.65 bits per heavy atom. The van der Waals surface area contributed by atoms with Gasteiger partial charge in [-0.15, -0.1) is 23.2 Å². The average Bonchev–Trinajstić information content (AvgIpc) is 3.05. The number of rotatable bonds is 15. The Morgan fingerprint density at radius 3 is 2.30 bits per heavy atom. The molecular weight excluding hydrogens is 595 g/mol. The smallest absolute Gasteiger partial charge is 0.253 e. The molecule has 3 aromatic rings. The van der Waals surface area contributed by atoms with E-state index in [-0.39, 0.29) is 5.91 Å². The quantitative estimate of drug-likeness (QED) is 0.113. The Hall–Kier alpha value is -4.39. The lowest BCUT2D eigenvalue weighted by molar-refractivity contribution is -0.114. The van der Waals surface area contributed by atoms with Crippen LogP contribution in [0.15, 0.2) is 83.5 Å². The number of hydrazone groups is 2. The molecule has 2 aromatic heterocycles. The molecule has 2 N–H and O–H groups in total. The molecule has 1 aliphatic heterocycles. The Kier molecular flexibility index (Phi) is 12.0. The fraction of sp³-hybridized carbons (Fsp3) is 0.276. The summed E-state index contributed by atoms with van der Waals surface area (Å²) in [7, 11) is 3.25. The highest BCUT2D eigenvalue weighted by Gasteiger charge is 2.20. The number of pyridine rings is 2. The number of aromatic nitrogens is 2. The lowest BCUT2D eigenvalue weighted by Crippen LogP contribution is -2.37. The molecule has 0 saturated carbocycles. The van der Waals surface area contributed by atoms with E-state index in [0.717, 1.165) is 5.69 Å². The Morgan fingerprint density at radius 1 is 0.930 bits per heavy atom. The van der Waals surface area contributed by atoms with Gasteiger partial charge in [-0.25, -0.2) is 4.98 Å². The number of benzene rings is 1. The van der Waals surface area contributed by atoms with E-state index in [9.17, 15) is 4.79 Å². The first kappa shape index (κ1) is 31.5. The molecule has 12 nitrogen and oxygen atoms in total. The van der Waals surface area contributed by atoms with Gasteiger partial charge in [0.15, 0.2) is 11.7 Å². The van der Waals surface area contributed by atoms with Gasteiger partial charge in [0.05, 0.1) is 24.8 Å². The van der Waals surface area contributed by atoms with E-state index in [0.29, 0.717) is 78.3 Å². The third kappa shape index (κ3) is 8.80. The van der Waals surface area contributed by atoms with Crippen LogP contribution in [0.25, 0.3) is 0 Å². The second-order valence-corrected chi connectivity index (χ2v) is 9.67. The molecule has 226 valence electrons. The monoisotopic (exact) mass is 626 g/mol. The molecule has 0 saturated heterocycles. The van der Waals surface area contributed by atoms with Crippen LogP contribution in [0.3, 0.4) is 0 Å². The van der Waals surface area contributed by atoms with E-state index >= 15 is 0 Å². The van der Waals surface area contributed by atoms with Crippen LogP contribution in [0.2, 0.25) is 0 Å². The third-order valence-electron chi connectivity index (χ3n) is 6.11. The van der Waals surface area contributed by atoms with Gasteiger partial charge in [0.1, 0.15) is 29.5 Å². The Labute approximate surface area is 259 Å². The molecule has 1 aliphatic rings. The van der Waals surface area contributed by atoms with Gasteiger partial charge in [0.2, 0.25) is 0 Å². The standard InChI is InChI=1S/C29H32Cl2N8O4/c1-38(26(40)11-17-42-22-7-5-21(6-8-22)39(15-12-30)16-13-31)25-4-3-14-32-27(25)29-36-34-28(35-37-29)24-10-9-23(20-33-24)43-19-18-41-2/h3-11,14,17,20H,12-13,15-16,18-19H2,1-2H3,(H,34,35)(H,36,37)/b17-11+. The third-order valence-corrected chi connectivity index (χ3v) is 6.45. The molecule has 4 rings (SSSR count). The normalized spacial score (nSPS) is 12.6. The number of carbonyl (C=O) groups excluding carboxylic acids is 1. The summed E-state index contributed by atoms with van der Waals surface area (Å²) in [6.45, 7) is 2.29. The van der Waals surface area contributed by atoms with Gasteiger partial charge in [-0.3, -0.25) is 20.6 Å². The maximum absolute atomic E-state index is 13.0. The maximum Gasteiger partial charge on any atom is 0.253 e. The Balaban J connectivity index is 1.36. The lowest BCUT2D eigenvalue weighted by Gasteiger charge is -2.22. The minimum atomic E-state index is -0.327. The summed E-state index contributed by atoms with van der Waals surface area (Å²) in [5.41, 5.74) is 8.27. The topological polar surface area (TPSA) is 126 Å². The molecule has 43 heavy (non-hydrogen) atoms. The summed E-state index contributed by atoms with van der Waals surface area (Å²) in [5, 5.41) is 8.70. The van der Waals surface area contributed by atoms with Crippen molar-refractivity contribution < 1.29 is 19.0 Å². The number of amides is 1. The van der Waals surface area contributed by atoms with E-state index in [1.807, 2.05) is 24.3 Å². The van der Waals surface area contributed by atoms with Gasteiger partial charge in [0, 0.05) is 57.0 Å². The molecular formula is C29H32Cl2N8O4. The van der Waals surface area contributed by atoms with Crippen LogP contribution in [0, 0.1) is 0 Å². The van der Waals surface area contributed by atoms with Crippen molar-refractivity contribution in [3.63, 3.8) is 0 Å². The van der Waals surface area contributed by atoms with Crippen molar-refractivity contribution in [2.75, 3.05) is 62.0 Å². The summed E-state index contributed by atoms with van der Waals surface area (Å²) in [6.07, 6.45) is 5.87. The zero-order valence-electron chi connectivity index (χ0n) is 23.7. The molecule has 0 atom stereocenters. The molecule has 0 fully saturated rings. The first-order chi connectivity index (χ1) is 21.0. The zero-order chi connectivity index (χ0) is 30.4. The molecule has 0 aliphatic carbocycles. The zero-order valence-corrected chi connectivity index (χ0v) is 25.3. The van der Waals surface area contributed by atoms with Crippen LogP contribution in [0.5, 0.6) is 11.5 Å². The molecule has 0 spiro atoms. The predicted molar refractivity (Wildman–Crippen MR) is 168 cm³/mol. The molecule has 0 radical (unpaired) electrons. The van der Waals surface area contributed by atoms with Crippen LogP contribution in [-0.2, 0) is 9.53 Å². The van der Waals surface area contributed by atoms with E-state index in [4.69, 9.17) is 37.4 Å². The van der Waals surface area contributed by atoms with E-state index < -0.39 is 0 Å². The predicted octanol–water partition coefficient (Wildman–Crippen LogP) is 3.56. The van der Waals surface area contributed by atoms with Gasteiger partial charge >= 0.3 is 0 Å². The van der Waals surface area contributed by atoms with Crippen molar-refractivity contribution in [1.82, 2.24) is 20.8 Å². The second kappa shape index (κ2) is 16.3. The molecule has 14 heteroatoms. The number of anilines is 2. The number of methoxy groups -OCH3 is 1. The number of alkyl halides is 2. The number of nitrogens with zero attached hydrogens (tertiary/aromatic N) is 6. The van der Waals surface area contributed by atoms with Crippen molar-refractivity contribution in [2.45, 2.75) is 0 Å². The van der Waals surface area contributed by atoms with Gasteiger partial charge in [-0.1, -0.05) is 0 Å². The summed E-state index contributed by atoms with van der Waals surface area (Å²) in [6, 6.07) is 14.5. The highest BCUT2D eigenvalue weighted by molar-refractivity contribution is 6.18. The molecule has 0 unspecified atom stereocenters. The van der Waals surface area contributed by atoms with Crippen molar-refractivity contribution >= 4 is 52.2 Å². The fourth-order valence-electron chi connectivity index (χ4n) is 3.90. The van der Waals surface area contributed by atoms with Crippen LogP contribution < -0.4 is 30.1 Å². The number of halogens is 2. The minimum absolute atomic E-state index is 0.327. The number of nitrogens with one attached hydrogen (secondary N) is 2. The van der Waals surface area contributed by atoms with Gasteiger partial charge in [-0.2, -0.15) is 10.2 Å². The SMILES string of the molecule is COCCOc1ccc(C2=NNC(c3ncccc3N(C)C(=O)/C=C/Oc3ccc(N(CCCl)CCCl)cc3)=NN2)nc1. The van der Waals surface area contributed by atoms with E-state index in [1.165, 1.54) is 17.2 Å². The number of ether oxygens (including phenoxy) is 3. The second-order valence-electron chi connectivity index (χ2n) is 8.91. The summed E-state index contributed by atoms with van der Waals surface area (Å²) < 4.78 is 16.2. The number of hydrogen-bond acceptors (Lipinski definition) is 11. The molecule has 1 aromatic carbocycles. The summed E-state index contributed by atoms with van der Waals surface area (Å²) in [5.74, 6) is 2.61. The summed E-state index contributed by atoms with van der Waals surface area (Å²) >= 11 is 11.8. The van der Waals surface area contributed by atoms with Gasteiger partial charge in [0.25, 0.3) is 5.91 Å². The first-order valence-electron chi connectivity index (χ1n) is 13.3. The lowest BCUT2D eigenvalue weighted by atomic mass is 10.2. The summed E-state index contributed by atoms with van der Waals surface area (Å²) in [4.78, 5) is 25.3. The highest BCUT2D eigenvalue weighted by Crippen LogP contribution is 2.21.